The topological polar surface area (TPSA) is 3.24 Å². The van der Waals surface area contributed by atoms with E-state index in [-0.39, 0.29) is 0 Å². The first kappa shape index (κ1) is 30.3. The summed E-state index contributed by atoms with van der Waals surface area (Å²) >= 11 is 0. The van der Waals surface area contributed by atoms with Gasteiger partial charge in [-0.15, -0.1) is 0 Å². The molecule has 0 aromatic heterocycles. The molecule has 0 aliphatic rings. The van der Waals surface area contributed by atoms with Crippen LogP contribution in [0.3, 0.4) is 0 Å². The maximum absolute atomic E-state index is 2.44. The van der Waals surface area contributed by atoms with Gasteiger partial charge in [0.2, 0.25) is 0 Å². The summed E-state index contributed by atoms with van der Waals surface area (Å²) in [6, 6.07) is 74.3. The smallest absolute Gasteiger partial charge is 0.0474 e. The molecule has 0 bridgehead atoms. The standard InChI is InChI=1S/C54H33N/c1-2-13-42(14-3-1)55(43-28-25-34(26-29-43)39-27-30-46-40(31-39)23-19-35-9-4-5-15-45(35)46)44-32-41-24-22-38-11-7-17-48-47-16-6-10-36-20-21-37-12-8-18-49(53(37)51(36)47)50(33-44)54(41)52(38)48/h1-33H. The second kappa shape index (κ2) is 11.6. The van der Waals surface area contributed by atoms with E-state index < -0.39 is 0 Å². The van der Waals surface area contributed by atoms with Gasteiger partial charge in [-0.25, -0.2) is 0 Å². The number of rotatable bonds is 4. The molecule has 0 atom stereocenters. The molecule has 0 saturated carbocycles. The van der Waals surface area contributed by atoms with Crippen LogP contribution in [0.1, 0.15) is 0 Å². The largest absolute Gasteiger partial charge is 0.310 e. The highest BCUT2D eigenvalue weighted by atomic mass is 15.1. The first-order chi connectivity index (χ1) is 27.3. The van der Waals surface area contributed by atoms with E-state index in [0.717, 1.165) is 17.1 Å². The molecule has 0 radical (unpaired) electrons. The Morgan fingerprint density at radius 1 is 0.218 bits per heavy atom. The van der Waals surface area contributed by atoms with Crippen LogP contribution in [0, 0.1) is 0 Å². The minimum absolute atomic E-state index is 1.12. The Morgan fingerprint density at radius 2 is 0.691 bits per heavy atom. The summed E-state index contributed by atoms with van der Waals surface area (Å²) in [5, 5.41) is 20.5. The minimum atomic E-state index is 1.12. The number of para-hydroxylation sites is 1. The van der Waals surface area contributed by atoms with Crippen molar-refractivity contribution in [1.82, 2.24) is 0 Å². The summed E-state index contributed by atoms with van der Waals surface area (Å²) in [5.41, 5.74) is 5.79. The van der Waals surface area contributed by atoms with Crippen molar-refractivity contribution in [3.8, 4) is 11.1 Å². The number of anilines is 3. The molecule has 0 saturated heterocycles. The van der Waals surface area contributed by atoms with Gasteiger partial charge in [-0.1, -0.05) is 158 Å². The van der Waals surface area contributed by atoms with E-state index in [9.17, 15) is 0 Å². The molecule has 55 heavy (non-hydrogen) atoms. The molecule has 12 aromatic rings. The first-order valence-electron chi connectivity index (χ1n) is 19.1. The highest BCUT2D eigenvalue weighted by molar-refractivity contribution is 6.37. The average Bonchev–Trinajstić information content (AvgIpc) is 3.25. The van der Waals surface area contributed by atoms with Gasteiger partial charge in [0.25, 0.3) is 0 Å². The molecule has 254 valence electrons. The molecule has 0 heterocycles. The molecule has 1 heteroatoms. The van der Waals surface area contributed by atoms with Gasteiger partial charge in [0.05, 0.1) is 0 Å². The molecular weight excluding hydrogens is 663 g/mol. The van der Waals surface area contributed by atoms with E-state index in [1.807, 2.05) is 0 Å². The van der Waals surface area contributed by atoms with Gasteiger partial charge in [0.1, 0.15) is 0 Å². The fourth-order valence-corrected chi connectivity index (χ4v) is 9.42. The number of hydrogen-bond acceptors (Lipinski definition) is 1. The molecule has 1 nitrogen and oxygen atoms in total. The van der Waals surface area contributed by atoms with Crippen molar-refractivity contribution < 1.29 is 0 Å². The summed E-state index contributed by atoms with van der Waals surface area (Å²) in [6.45, 7) is 0. The molecule has 0 unspecified atom stereocenters. The van der Waals surface area contributed by atoms with Gasteiger partial charge in [-0.3, -0.25) is 0 Å². The zero-order valence-corrected chi connectivity index (χ0v) is 30.0. The number of benzene rings is 11. The third-order valence-corrected chi connectivity index (χ3v) is 11.9. The Labute approximate surface area is 318 Å². The summed E-state index contributed by atoms with van der Waals surface area (Å²) < 4.78 is 0. The normalized spacial score (nSPS) is 12.0. The molecule has 0 aliphatic carbocycles. The highest BCUT2D eigenvalue weighted by Crippen LogP contribution is 2.46. The third kappa shape index (κ3) is 4.54. The van der Waals surface area contributed by atoms with Gasteiger partial charge in [0.15, 0.2) is 0 Å². The second-order valence-corrected chi connectivity index (χ2v) is 14.9. The van der Waals surface area contributed by atoms with Crippen LogP contribution in [0.4, 0.5) is 17.1 Å². The van der Waals surface area contributed by atoms with Crippen molar-refractivity contribution in [3.63, 3.8) is 0 Å². The van der Waals surface area contributed by atoms with Crippen molar-refractivity contribution >= 4 is 103 Å². The maximum atomic E-state index is 2.44. The van der Waals surface area contributed by atoms with E-state index in [4.69, 9.17) is 0 Å². The van der Waals surface area contributed by atoms with Crippen LogP contribution < -0.4 is 4.90 Å². The predicted octanol–water partition coefficient (Wildman–Crippen LogP) is 15.5. The van der Waals surface area contributed by atoms with Crippen LogP contribution in [-0.2, 0) is 0 Å². The van der Waals surface area contributed by atoms with E-state index in [2.05, 4.69) is 205 Å². The third-order valence-electron chi connectivity index (χ3n) is 11.9. The second-order valence-electron chi connectivity index (χ2n) is 14.9. The Kier molecular flexibility index (Phi) is 6.40. The Morgan fingerprint density at radius 3 is 1.38 bits per heavy atom. The van der Waals surface area contributed by atoms with E-state index in [0.29, 0.717) is 0 Å². The summed E-state index contributed by atoms with van der Waals surface area (Å²) in [5.74, 6) is 0. The molecule has 0 fully saturated rings. The average molecular weight is 696 g/mol. The van der Waals surface area contributed by atoms with Gasteiger partial charge in [-0.2, -0.15) is 0 Å². The lowest BCUT2D eigenvalue weighted by atomic mass is 9.87. The fourth-order valence-electron chi connectivity index (χ4n) is 9.42. The van der Waals surface area contributed by atoms with Crippen LogP contribution in [0.25, 0.3) is 97.3 Å². The van der Waals surface area contributed by atoms with Crippen molar-refractivity contribution in [2.75, 3.05) is 4.90 Å². The van der Waals surface area contributed by atoms with Crippen LogP contribution in [-0.4, -0.2) is 0 Å². The van der Waals surface area contributed by atoms with Crippen LogP contribution in [0.2, 0.25) is 0 Å². The summed E-state index contributed by atoms with van der Waals surface area (Å²) in [7, 11) is 0. The Bertz CT molecular complexity index is 3460. The van der Waals surface area contributed by atoms with Crippen molar-refractivity contribution in [3.05, 3.63) is 200 Å². The Hall–Kier alpha value is -7.22. The minimum Gasteiger partial charge on any atom is -0.310 e. The fraction of sp³-hybridized carbons (Fsp3) is 0. The number of fused-ring (bicyclic) bond motifs is 5. The zero-order chi connectivity index (χ0) is 36.0. The van der Waals surface area contributed by atoms with Gasteiger partial charge >= 0.3 is 0 Å². The molecular formula is C54H33N. The molecule has 12 rings (SSSR count). The van der Waals surface area contributed by atoms with E-state index in [1.165, 1.54) is 97.3 Å². The monoisotopic (exact) mass is 695 g/mol. The molecule has 12 aromatic carbocycles. The lowest BCUT2D eigenvalue weighted by Crippen LogP contribution is -2.10. The molecule has 0 aliphatic heterocycles. The van der Waals surface area contributed by atoms with Crippen LogP contribution >= 0.6 is 0 Å². The first-order valence-corrected chi connectivity index (χ1v) is 19.1. The van der Waals surface area contributed by atoms with Crippen LogP contribution in [0.5, 0.6) is 0 Å². The Balaban J connectivity index is 1.10. The SMILES string of the molecule is c1ccc(N(c2ccc(-c3ccc4c(ccc5ccccc54)c3)cc2)c2cc3ccc4cccc5c6cccc7ccc8cccc(c(c2)c3c45)c8c76)cc1. The van der Waals surface area contributed by atoms with Crippen molar-refractivity contribution in [2.24, 2.45) is 0 Å². The quantitative estimate of drug-likeness (QED) is 0.166. The van der Waals surface area contributed by atoms with Crippen LogP contribution in [0.15, 0.2) is 200 Å². The van der Waals surface area contributed by atoms with Gasteiger partial charge < -0.3 is 4.90 Å². The molecule has 0 amide bonds. The van der Waals surface area contributed by atoms with Gasteiger partial charge in [-0.05, 0) is 140 Å². The number of nitrogens with zero attached hydrogens (tertiary/aromatic N) is 1. The lowest BCUT2D eigenvalue weighted by Gasteiger charge is -2.27. The van der Waals surface area contributed by atoms with Crippen molar-refractivity contribution in [2.45, 2.75) is 0 Å². The lowest BCUT2D eigenvalue weighted by molar-refractivity contribution is 1.29. The predicted molar refractivity (Wildman–Crippen MR) is 238 cm³/mol. The van der Waals surface area contributed by atoms with Gasteiger partial charge in [0, 0.05) is 17.1 Å². The number of hydrogen-bond donors (Lipinski definition) is 0. The molecule has 0 spiro atoms. The maximum Gasteiger partial charge on any atom is 0.0474 e. The molecule has 0 N–H and O–H groups in total. The summed E-state index contributed by atoms with van der Waals surface area (Å²) in [4.78, 5) is 2.41. The highest BCUT2D eigenvalue weighted by Gasteiger charge is 2.19. The van der Waals surface area contributed by atoms with E-state index >= 15 is 0 Å². The summed E-state index contributed by atoms with van der Waals surface area (Å²) in [6.07, 6.45) is 0. The van der Waals surface area contributed by atoms with Crippen molar-refractivity contribution in [1.29, 1.82) is 0 Å². The zero-order valence-electron chi connectivity index (χ0n) is 30.0. The van der Waals surface area contributed by atoms with E-state index in [1.54, 1.807) is 0 Å².